The van der Waals surface area contributed by atoms with Gasteiger partial charge < -0.3 is 17.2 Å². The molecule has 1 amide bonds. The summed E-state index contributed by atoms with van der Waals surface area (Å²) in [7, 11) is 0. The molecule has 15 heavy (non-hydrogen) atoms. The molecule has 0 spiro atoms. The van der Waals surface area contributed by atoms with Gasteiger partial charge in [0.2, 0.25) is 5.91 Å². The van der Waals surface area contributed by atoms with Crippen molar-refractivity contribution in [2.45, 2.75) is 32.2 Å². The van der Waals surface area contributed by atoms with Gasteiger partial charge in [-0.05, 0) is 12.8 Å². The molecule has 1 heterocycles. The molecule has 1 aromatic heterocycles. The minimum atomic E-state index is -0.252. The molecule has 6 nitrogen and oxygen atoms in total. The number of aryl methyl sites for hydroxylation is 1. The number of nitrogen functional groups attached to an aromatic ring is 2. The smallest absolute Gasteiger partial charge is 0.217 e. The summed E-state index contributed by atoms with van der Waals surface area (Å²) in [6, 6.07) is 0. The van der Waals surface area contributed by atoms with E-state index in [1.165, 1.54) is 0 Å². The number of unbranched alkanes of at least 4 members (excludes halogenated alkanes) is 2. The van der Waals surface area contributed by atoms with Crippen LogP contribution >= 0.6 is 0 Å². The first-order valence-corrected chi connectivity index (χ1v) is 4.96. The summed E-state index contributed by atoms with van der Waals surface area (Å²) in [5.41, 5.74) is 16.7. The van der Waals surface area contributed by atoms with Gasteiger partial charge in [-0.25, -0.2) is 4.68 Å². The molecule has 0 aliphatic carbocycles. The van der Waals surface area contributed by atoms with Crippen molar-refractivity contribution < 1.29 is 4.79 Å². The van der Waals surface area contributed by atoms with Crippen LogP contribution in [-0.2, 0) is 11.3 Å². The summed E-state index contributed by atoms with van der Waals surface area (Å²) < 4.78 is 1.67. The van der Waals surface area contributed by atoms with Crippen LogP contribution in [0.2, 0.25) is 0 Å². The lowest BCUT2D eigenvalue weighted by atomic mass is 10.2. The molecule has 0 aromatic carbocycles. The molecule has 0 bridgehead atoms. The Morgan fingerprint density at radius 2 is 2.07 bits per heavy atom. The summed E-state index contributed by atoms with van der Waals surface area (Å²) in [5, 5.41) is 4.02. The van der Waals surface area contributed by atoms with Crippen molar-refractivity contribution in [2.24, 2.45) is 5.73 Å². The normalized spacial score (nSPS) is 10.4. The third-order valence-electron chi connectivity index (χ3n) is 2.20. The van der Waals surface area contributed by atoms with Gasteiger partial charge in [0, 0.05) is 13.0 Å². The van der Waals surface area contributed by atoms with Crippen LogP contribution < -0.4 is 17.2 Å². The Balaban J connectivity index is 2.20. The Bertz CT molecular complexity index is 333. The Morgan fingerprint density at radius 3 is 2.60 bits per heavy atom. The fourth-order valence-electron chi connectivity index (χ4n) is 1.33. The minimum Gasteiger partial charge on any atom is -0.394 e. The molecule has 0 aliphatic rings. The van der Waals surface area contributed by atoms with E-state index >= 15 is 0 Å². The lowest BCUT2D eigenvalue weighted by Crippen LogP contribution is -2.10. The maximum absolute atomic E-state index is 10.5. The number of aromatic nitrogens is 2. The number of hydrogen-bond acceptors (Lipinski definition) is 4. The predicted molar refractivity (Wildman–Crippen MR) is 58.7 cm³/mol. The van der Waals surface area contributed by atoms with Gasteiger partial charge in [-0.3, -0.25) is 4.79 Å². The summed E-state index contributed by atoms with van der Waals surface area (Å²) in [6.07, 6.45) is 4.64. The van der Waals surface area contributed by atoms with Gasteiger partial charge >= 0.3 is 0 Å². The number of amides is 1. The van der Waals surface area contributed by atoms with Crippen molar-refractivity contribution in [1.29, 1.82) is 0 Å². The van der Waals surface area contributed by atoms with Gasteiger partial charge in [0.15, 0.2) is 0 Å². The average molecular weight is 211 g/mol. The zero-order valence-electron chi connectivity index (χ0n) is 8.65. The molecule has 1 rings (SSSR count). The second-order valence-corrected chi connectivity index (χ2v) is 3.49. The highest BCUT2D eigenvalue weighted by Crippen LogP contribution is 2.13. The zero-order valence-corrected chi connectivity index (χ0v) is 8.65. The molecule has 6 heteroatoms. The van der Waals surface area contributed by atoms with Crippen LogP contribution in [0, 0.1) is 0 Å². The van der Waals surface area contributed by atoms with Crippen molar-refractivity contribution in [1.82, 2.24) is 9.78 Å². The molecule has 1 aromatic rings. The van der Waals surface area contributed by atoms with Crippen molar-refractivity contribution in [3.8, 4) is 0 Å². The fraction of sp³-hybridized carbons (Fsp3) is 0.556. The Morgan fingerprint density at radius 1 is 1.33 bits per heavy atom. The van der Waals surface area contributed by atoms with Crippen LogP contribution in [0.15, 0.2) is 6.20 Å². The van der Waals surface area contributed by atoms with E-state index < -0.39 is 0 Å². The topological polar surface area (TPSA) is 113 Å². The second-order valence-electron chi connectivity index (χ2n) is 3.49. The Kier molecular flexibility index (Phi) is 3.96. The molecule has 0 saturated carbocycles. The maximum Gasteiger partial charge on any atom is 0.217 e. The van der Waals surface area contributed by atoms with Crippen LogP contribution in [0.3, 0.4) is 0 Å². The van der Waals surface area contributed by atoms with E-state index in [2.05, 4.69) is 5.10 Å². The number of primary amides is 1. The number of hydrogen-bond donors (Lipinski definition) is 3. The van der Waals surface area contributed by atoms with Gasteiger partial charge in [-0.1, -0.05) is 6.42 Å². The lowest BCUT2D eigenvalue weighted by molar-refractivity contribution is -0.118. The zero-order chi connectivity index (χ0) is 11.3. The van der Waals surface area contributed by atoms with E-state index in [-0.39, 0.29) is 5.91 Å². The molecule has 0 aliphatic heterocycles. The van der Waals surface area contributed by atoms with E-state index in [4.69, 9.17) is 17.2 Å². The molecular formula is C9H17N5O. The first-order valence-electron chi connectivity index (χ1n) is 4.96. The Hall–Kier alpha value is -1.72. The number of rotatable bonds is 6. The van der Waals surface area contributed by atoms with Crippen LogP contribution in [0.25, 0.3) is 0 Å². The van der Waals surface area contributed by atoms with E-state index in [0.717, 1.165) is 25.8 Å². The number of nitrogens with zero attached hydrogens (tertiary/aromatic N) is 2. The predicted octanol–water partition coefficient (Wildman–Crippen LogP) is 0.0932. The third-order valence-corrected chi connectivity index (χ3v) is 2.20. The monoisotopic (exact) mass is 211 g/mol. The molecule has 0 atom stereocenters. The first kappa shape index (κ1) is 11.4. The first-order chi connectivity index (χ1) is 7.11. The molecule has 0 fully saturated rings. The molecule has 0 unspecified atom stereocenters. The van der Waals surface area contributed by atoms with Crippen LogP contribution in [0.5, 0.6) is 0 Å². The molecule has 84 valence electrons. The van der Waals surface area contributed by atoms with E-state index in [0.29, 0.717) is 17.9 Å². The number of nitrogens with two attached hydrogens (primary N) is 3. The molecule has 0 saturated heterocycles. The fourth-order valence-corrected chi connectivity index (χ4v) is 1.33. The molecule has 6 N–H and O–H groups in total. The van der Waals surface area contributed by atoms with Crippen molar-refractivity contribution in [2.75, 3.05) is 11.5 Å². The van der Waals surface area contributed by atoms with Gasteiger partial charge in [-0.2, -0.15) is 5.10 Å². The van der Waals surface area contributed by atoms with E-state index in [9.17, 15) is 4.79 Å². The lowest BCUT2D eigenvalue weighted by Gasteiger charge is -2.03. The molecule has 0 radical (unpaired) electrons. The molecular weight excluding hydrogens is 194 g/mol. The van der Waals surface area contributed by atoms with Crippen molar-refractivity contribution in [3.63, 3.8) is 0 Å². The largest absolute Gasteiger partial charge is 0.394 e. The second kappa shape index (κ2) is 5.23. The van der Waals surface area contributed by atoms with Gasteiger partial charge in [0.25, 0.3) is 0 Å². The van der Waals surface area contributed by atoms with Crippen LogP contribution in [0.4, 0.5) is 11.5 Å². The SMILES string of the molecule is NC(=O)CCCCCn1ncc(N)c1N. The third kappa shape index (κ3) is 3.49. The average Bonchev–Trinajstić information content (AvgIpc) is 2.48. The standard InChI is InChI=1S/C9H17N5O/c10-7-6-13-14(9(7)12)5-3-1-2-4-8(11)15/h6H,1-5,10,12H2,(H2,11,15). The van der Waals surface area contributed by atoms with Crippen molar-refractivity contribution in [3.05, 3.63) is 6.20 Å². The van der Waals surface area contributed by atoms with E-state index in [1.807, 2.05) is 0 Å². The maximum atomic E-state index is 10.5. The van der Waals surface area contributed by atoms with Crippen LogP contribution in [0.1, 0.15) is 25.7 Å². The highest BCUT2D eigenvalue weighted by Gasteiger charge is 2.02. The van der Waals surface area contributed by atoms with E-state index in [1.54, 1.807) is 10.9 Å². The highest BCUT2D eigenvalue weighted by atomic mass is 16.1. The van der Waals surface area contributed by atoms with Crippen molar-refractivity contribution >= 4 is 17.4 Å². The quantitative estimate of drug-likeness (QED) is 0.579. The van der Waals surface area contributed by atoms with Gasteiger partial charge in [-0.15, -0.1) is 0 Å². The summed E-state index contributed by atoms with van der Waals surface area (Å²) >= 11 is 0. The van der Waals surface area contributed by atoms with Gasteiger partial charge in [0.1, 0.15) is 5.82 Å². The Labute approximate surface area is 88.4 Å². The summed E-state index contributed by atoms with van der Waals surface area (Å²) in [5.74, 6) is 0.253. The summed E-state index contributed by atoms with van der Waals surface area (Å²) in [4.78, 5) is 10.5. The summed E-state index contributed by atoms with van der Waals surface area (Å²) in [6.45, 7) is 0.724. The highest BCUT2D eigenvalue weighted by molar-refractivity contribution is 5.73. The number of carbonyl (C=O) groups excluding carboxylic acids is 1. The minimum absolute atomic E-state index is 0.252. The number of carbonyl (C=O) groups is 1. The number of anilines is 2. The van der Waals surface area contributed by atoms with Crippen LogP contribution in [-0.4, -0.2) is 15.7 Å². The van der Waals surface area contributed by atoms with Gasteiger partial charge in [0.05, 0.1) is 11.9 Å².